The van der Waals surface area contributed by atoms with Crippen LogP contribution in [-0.4, -0.2) is 11.6 Å². The Morgan fingerprint density at radius 3 is 1.31 bits per heavy atom. The third-order valence-electron chi connectivity index (χ3n) is 6.15. The molecule has 0 saturated heterocycles. The minimum absolute atomic E-state index is 0.0348. The van der Waals surface area contributed by atoms with Crippen molar-refractivity contribution in [2.24, 2.45) is 11.8 Å². The molecule has 5 rings (SSSR count). The highest BCUT2D eigenvalue weighted by Crippen LogP contribution is 2.41. The van der Waals surface area contributed by atoms with E-state index in [2.05, 4.69) is 10.6 Å². The second-order valence-corrected chi connectivity index (χ2v) is 8.46. The normalized spacial score (nSPS) is 19.4. The van der Waals surface area contributed by atoms with Crippen molar-refractivity contribution in [2.75, 3.05) is 10.6 Å². The topological polar surface area (TPSA) is 58.2 Å². The average molecular weight is 421 g/mol. The Labute approximate surface area is 187 Å². The summed E-state index contributed by atoms with van der Waals surface area (Å²) in [4.78, 5) is 27.2. The molecule has 0 spiro atoms. The molecule has 3 aromatic rings. The molecule has 0 bridgehead atoms. The van der Waals surface area contributed by atoms with Crippen LogP contribution in [0.25, 0.3) is 0 Å². The number of nitrogens with one attached hydrogen (secondary N) is 2. The Hall–Kier alpha value is -3.92. The van der Waals surface area contributed by atoms with Gasteiger partial charge < -0.3 is 10.6 Å². The zero-order chi connectivity index (χ0) is 22.2. The molecule has 0 heterocycles. The molecule has 2 aliphatic carbocycles. The van der Waals surface area contributed by atoms with Gasteiger partial charge in [0.05, 0.1) is 11.8 Å². The predicted octanol–water partition coefficient (Wildman–Crippen LogP) is 5.92. The van der Waals surface area contributed by atoms with Gasteiger partial charge >= 0.3 is 0 Å². The van der Waals surface area contributed by atoms with E-state index in [1.807, 2.05) is 86.7 Å². The minimum Gasteiger partial charge on any atom is -0.358 e. The molecule has 0 radical (unpaired) electrons. The standard InChI is InChI=1S/C28H24N2O2/c1-17-7-11-19(12-8-17)29-23-15-16-24(30-20-13-9-18(2)10-14-20)26-25(23)27(31)21-5-3-4-6-22(21)28(26)32/h3-16,25-26,29-30H,1-2H3. The summed E-state index contributed by atoms with van der Waals surface area (Å²) in [5.74, 6) is -1.27. The highest BCUT2D eigenvalue weighted by atomic mass is 16.1. The number of fused-ring (bicyclic) bond motifs is 2. The summed E-state index contributed by atoms with van der Waals surface area (Å²) in [5.41, 5.74) is 6.56. The number of carbonyl (C=O) groups is 2. The maximum atomic E-state index is 13.6. The van der Waals surface area contributed by atoms with Gasteiger partial charge in [-0.15, -0.1) is 0 Å². The van der Waals surface area contributed by atoms with Crippen LogP contribution in [-0.2, 0) is 0 Å². The first kappa shape index (κ1) is 20.0. The lowest BCUT2D eigenvalue weighted by molar-refractivity contribution is 0.0787. The second kappa shape index (κ2) is 7.97. The van der Waals surface area contributed by atoms with Crippen LogP contribution in [0.1, 0.15) is 31.8 Å². The molecule has 0 aliphatic heterocycles. The van der Waals surface area contributed by atoms with Crippen molar-refractivity contribution in [1.82, 2.24) is 0 Å². The number of rotatable bonds is 4. The van der Waals surface area contributed by atoms with Crippen LogP contribution in [0.4, 0.5) is 11.4 Å². The summed E-state index contributed by atoms with van der Waals surface area (Å²) in [6, 6.07) is 23.1. The molecule has 2 N–H and O–H groups in total. The molecule has 0 saturated carbocycles. The number of Topliss-reactive ketones (excluding diaryl/α,β-unsaturated/α-hetero) is 2. The molecule has 0 aromatic heterocycles. The molecule has 0 fully saturated rings. The number of allylic oxidation sites excluding steroid dienone is 4. The van der Waals surface area contributed by atoms with Crippen LogP contribution < -0.4 is 10.6 Å². The Bertz CT molecular complexity index is 1170. The van der Waals surface area contributed by atoms with Crippen molar-refractivity contribution in [3.63, 3.8) is 0 Å². The molecule has 2 unspecified atom stereocenters. The number of hydrogen-bond donors (Lipinski definition) is 2. The molecule has 2 aliphatic rings. The molecule has 3 aromatic carbocycles. The molecule has 2 atom stereocenters. The maximum absolute atomic E-state index is 13.6. The molecular formula is C28H24N2O2. The lowest BCUT2D eigenvalue weighted by Crippen LogP contribution is -2.42. The first-order chi connectivity index (χ1) is 15.5. The van der Waals surface area contributed by atoms with E-state index in [4.69, 9.17) is 0 Å². The van der Waals surface area contributed by atoms with E-state index in [-0.39, 0.29) is 11.6 Å². The fraction of sp³-hybridized carbons (Fsp3) is 0.143. The number of anilines is 2. The molecule has 0 amide bonds. The lowest BCUT2D eigenvalue weighted by atomic mass is 9.69. The molecular weight excluding hydrogens is 396 g/mol. The summed E-state index contributed by atoms with van der Waals surface area (Å²) in [7, 11) is 0. The number of ketones is 2. The summed E-state index contributed by atoms with van der Waals surface area (Å²) in [6.45, 7) is 4.07. The third kappa shape index (κ3) is 3.54. The highest BCUT2D eigenvalue weighted by molar-refractivity contribution is 6.18. The van der Waals surface area contributed by atoms with Gasteiger partial charge in [-0.2, -0.15) is 0 Å². The first-order valence-corrected chi connectivity index (χ1v) is 10.8. The lowest BCUT2D eigenvalue weighted by Gasteiger charge is -2.36. The van der Waals surface area contributed by atoms with Crippen molar-refractivity contribution >= 4 is 22.9 Å². The predicted molar refractivity (Wildman–Crippen MR) is 128 cm³/mol. The summed E-state index contributed by atoms with van der Waals surface area (Å²) in [6.07, 6.45) is 3.83. The van der Waals surface area contributed by atoms with Crippen molar-refractivity contribution in [3.05, 3.63) is 119 Å². The van der Waals surface area contributed by atoms with E-state index >= 15 is 0 Å². The van der Waals surface area contributed by atoms with E-state index in [0.29, 0.717) is 11.1 Å². The molecule has 4 heteroatoms. The van der Waals surface area contributed by atoms with Gasteiger partial charge in [-0.1, -0.05) is 59.7 Å². The zero-order valence-corrected chi connectivity index (χ0v) is 18.1. The van der Waals surface area contributed by atoms with Crippen LogP contribution in [0, 0.1) is 25.7 Å². The van der Waals surface area contributed by atoms with Crippen molar-refractivity contribution in [3.8, 4) is 0 Å². The van der Waals surface area contributed by atoms with E-state index in [1.165, 1.54) is 0 Å². The van der Waals surface area contributed by atoms with Crippen molar-refractivity contribution in [2.45, 2.75) is 13.8 Å². The van der Waals surface area contributed by atoms with Crippen LogP contribution in [0.5, 0.6) is 0 Å². The van der Waals surface area contributed by atoms with Gasteiger partial charge in [-0.05, 0) is 50.3 Å². The largest absolute Gasteiger partial charge is 0.358 e. The number of hydrogen-bond acceptors (Lipinski definition) is 4. The van der Waals surface area contributed by atoms with Gasteiger partial charge in [0.2, 0.25) is 0 Å². The van der Waals surface area contributed by atoms with Crippen LogP contribution in [0.2, 0.25) is 0 Å². The fourth-order valence-electron chi connectivity index (χ4n) is 4.43. The number of aryl methyl sites for hydroxylation is 2. The monoisotopic (exact) mass is 420 g/mol. The number of carbonyl (C=O) groups excluding carboxylic acids is 2. The van der Waals surface area contributed by atoms with Crippen molar-refractivity contribution in [1.29, 1.82) is 0 Å². The zero-order valence-electron chi connectivity index (χ0n) is 18.1. The Morgan fingerprint density at radius 2 is 0.938 bits per heavy atom. The van der Waals surface area contributed by atoms with Gasteiger partial charge in [-0.3, -0.25) is 9.59 Å². The maximum Gasteiger partial charge on any atom is 0.173 e. The third-order valence-corrected chi connectivity index (χ3v) is 6.15. The van der Waals surface area contributed by atoms with Crippen LogP contribution in [0.15, 0.2) is 96.3 Å². The van der Waals surface area contributed by atoms with Crippen LogP contribution >= 0.6 is 0 Å². The Kier molecular flexibility index (Phi) is 4.98. The van der Waals surface area contributed by atoms with Crippen LogP contribution in [0.3, 0.4) is 0 Å². The highest BCUT2D eigenvalue weighted by Gasteiger charge is 2.46. The van der Waals surface area contributed by atoms with Gasteiger partial charge in [0.25, 0.3) is 0 Å². The molecule has 158 valence electrons. The average Bonchev–Trinajstić information content (AvgIpc) is 2.81. The van der Waals surface area contributed by atoms with Gasteiger partial charge in [0, 0.05) is 33.9 Å². The molecule has 32 heavy (non-hydrogen) atoms. The quantitative estimate of drug-likeness (QED) is 0.550. The molecule has 4 nitrogen and oxygen atoms in total. The first-order valence-electron chi connectivity index (χ1n) is 10.8. The Morgan fingerprint density at radius 1 is 0.562 bits per heavy atom. The minimum atomic E-state index is -0.600. The van der Waals surface area contributed by atoms with Crippen molar-refractivity contribution < 1.29 is 9.59 Å². The summed E-state index contributed by atoms with van der Waals surface area (Å²) < 4.78 is 0. The second-order valence-electron chi connectivity index (χ2n) is 8.46. The van der Waals surface area contributed by atoms with Gasteiger partial charge in [0.15, 0.2) is 11.6 Å². The SMILES string of the molecule is Cc1ccc(NC2=CC=C(Nc3ccc(C)cc3)C3C(=O)c4ccccc4C(=O)C23)cc1. The summed E-state index contributed by atoms with van der Waals surface area (Å²) >= 11 is 0. The number of benzene rings is 3. The van der Waals surface area contributed by atoms with Gasteiger partial charge in [0.1, 0.15) is 0 Å². The van der Waals surface area contributed by atoms with E-state index < -0.39 is 11.8 Å². The van der Waals surface area contributed by atoms with Gasteiger partial charge in [-0.25, -0.2) is 0 Å². The fourth-order valence-corrected chi connectivity index (χ4v) is 4.43. The van der Waals surface area contributed by atoms with E-state index in [1.54, 1.807) is 12.1 Å². The van der Waals surface area contributed by atoms with E-state index in [0.717, 1.165) is 33.9 Å². The Balaban J connectivity index is 1.57. The summed E-state index contributed by atoms with van der Waals surface area (Å²) in [5, 5.41) is 6.79. The smallest absolute Gasteiger partial charge is 0.173 e. The van der Waals surface area contributed by atoms with E-state index in [9.17, 15) is 9.59 Å².